The second-order valence-electron chi connectivity index (χ2n) is 17.8. The third-order valence-electron chi connectivity index (χ3n) is 14.2. The van der Waals surface area contributed by atoms with E-state index in [9.17, 15) is 0 Å². The molecule has 0 bridgehead atoms. The molecule has 2 aliphatic rings. The van der Waals surface area contributed by atoms with E-state index >= 15 is 0 Å². The quantitative estimate of drug-likeness (QED) is 0.163. The summed E-state index contributed by atoms with van der Waals surface area (Å²) in [6.07, 6.45) is 0. The molecule has 2 aliphatic heterocycles. The SMILES string of the molecule is CN1c2ccccc2N(c2ccc3c(-c4ccc5sc6ccccc6c5c4)c4cc(N5c6ccccc6N(C)c6ccccc65)ccc4c(-c4ccc5ccccc5c4)c3c2)c2ccccc21. The number of thiophene rings is 1. The maximum Gasteiger partial charge on any atom is 0.0699 e. The van der Waals surface area contributed by atoms with Crippen LogP contribution in [0.15, 0.2) is 218 Å². The van der Waals surface area contributed by atoms with Gasteiger partial charge in [-0.15, -0.1) is 11.3 Å². The topological polar surface area (TPSA) is 13.0 Å². The first-order valence-corrected chi connectivity index (χ1v) is 23.8. The highest BCUT2D eigenvalue weighted by atomic mass is 32.1. The van der Waals surface area contributed by atoms with Crippen LogP contribution in [0.5, 0.6) is 0 Å². The van der Waals surface area contributed by atoms with Gasteiger partial charge in [0.2, 0.25) is 0 Å². The molecule has 0 fully saturated rings. The van der Waals surface area contributed by atoms with Crippen LogP contribution in [-0.4, -0.2) is 14.1 Å². The van der Waals surface area contributed by atoms with Gasteiger partial charge >= 0.3 is 0 Å². The summed E-state index contributed by atoms with van der Waals surface area (Å²) in [5, 5.41) is 9.89. The number of fused-ring (bicyclic) bond motifs is 10. The van der Waals surface area contributed by atoms with Gasteiger partial charge in [0.15, 0.2) is 0 Å². The summed E-state index contributed by atoms with van der Waals surface area (Å²) in [7, 11) is 4.35. The fraction of sp³-hybridized carbons (Fsp3) is 0.0323. The monoisotopic (exact) mass is 874 g/mol. The van der Waals surface area contributed by atoms with Crippen molar-refractivity contribution in [2.75, 3.05) is 33.7 Å². The predicted octanol–water partition coefficient (Wildman–Crippen LogP) is 18.0. The van der Waals surface area contributed by atoms with Crippen LogP contribution in [0.2, 0.25) is 0 Å². The lowest BCUT2D eigenvalue weighted by Crippen LogP contribution is -2.24. The maximum absolute atomic E-state index is 2.46. The highest BCUT2D eigenvalue weighted by molar-refractivity contribution is 7.25. The van der Waals surface area contributed by atoms with E-state index in [1.54, 1.807) is 0 Å². The highest BCUT2D eigenvalue weighted by Crippen LogP contribution is 2.55. The van der Waals surface area contributed by atoms with Gasteiger partial charge in [-0.25, -0.2) is 0 Å². The van der Waals surface area contributed by atoms with Crippen LogP contribution in [-0.2, 0) is 0 Å². The van der Waals surface area contributed by atoms with Gasteiger partial charge in [-0.05, 0) is 152 Å². The van der Waals surface area contributed by atoms with E-state index in [1.807, 2.05) is 11.3 Å². The Morgan fingerprint density at radius 1 is 0.284 bits per heavy atom. The average Bonchev–Trinajstić information content (AvgIpc) is 3.76. The van der Waals surface area contributed by atoms with Gasteiger partial charge in [-0.2, -0.15) is 0 Å². The molecule has 12 aromatic rings. The first-order valence-electron chi connectivity index (χ1n) is 23.0. The second-order valence-corrected chi connectivity index (χ2v) is 18.9. The van der Waals surface area contributed by atoms with Crippen molar-refractivity contribution in [2.24, 2.45) is 0 Å². The second kappa shape index (κ2) is 14.6. The van der Waals surface area contributed by atoms with E-state index < -0.39 is 0 Å². The molecule has 67 heavy (non-hydrogen) atoms. The van der Waals surface area contributed by atoms with Gasteiger partial charge in [0, 0.05) is 45.6 Å². The lowest BCUT2D eigenvalue weighted by atomic mass is 9.84. The van der Waals surface area contributed by atoms with E-state index in [-0.39, 0.29) is 0 Å². The third-order valence-corrected chi connectivity index (χ3v) is 15.4. The summed E-state index contributed by atoms with van der Waals surface area (Å²) in [5.74, 6) is 0. The highest BCUT2D eigenvalue weighted by Gasteiger charge is 2.30. The molecule has 0 unspecified atom stereocenters. The molecular weight excluding hydrogens is 833 g/mol. The Morgan fingerprint density at radius 3 is 1.24 bits per heavy atom. The number of rotatable bonds is 4. The molecular formula is C62H42N4S. The molecule has 0 radical (unpaired) electrons. The number of benzene rings is 11. The zero-order valence-electron chi connectivity index (χ0n) is 37.0. The number of hydrogen-bond donors (Lipinski definition) is 0. The molecule has 0 spiro atoms. The molecule has 4 nitrogen and oxygen atoms in total. The lowest BCUT2D eigenvalue weighted by Gasteiger charge is -2.39. The Hall–Kier alpha value is -8.38. The molecule has 0 aliphatic carbocycles. The molecule has 5 heteroatoms. The van der Waals surface area contributed by atoms with Crippen molar-refractivity contribution >= 4 is 121 Å². The zero-order chi connectivity index (χ0) is 44.3. The minimum atomic E-state index is 1.12. The van der Waals surface area contributed by atoms with Crippen LogP contribution in [0.4, 0.5) is 56.9 Å². The molecule has 316 valence electrons. The largest absolute Gasteiger partial charge is 0.341 e. The summed E-state index contributed by atoms with van der Waals surface area (Å²) in [4.78, 5) is 9.53. The van der Waals surface area contributed by atoms with Crippen LogP contribution < -0.4 is 19.6 Å². The average molecular weight is 875 g/mol. The van der Waals surface area contributed by atoms with Gasteiger partial charge in [0.05, 0.1) is 45.5 Å². The van der Waals surface area contributed by atoms with Crippen LogP contribution >= 0.6 is 11.3 Å². The van der Waals surface area contributed by atoms with E-state index in [2.05, 4.69) is 252 Å². The fourth-order valence-electron chi connectivity index (χ4n) is 11.2. The number of hydrogen-bond acceptors (Lipinski definition) is 5. The van der Waals surface area contributed by atoms with Crippen LogP contribution in [0, 0.1) is 0 Å². The summed E-state index contributed by atoms with van der Waals surface area (Å²) < 4.78 is 2.61. The van der Waals surface area contributed by atoms with Gasteiger partial charge in [0.25, 0.3) is 0 Å². The van der Waals surface area contributed by atoms with Crippen molar-refractivity contribution < 1.29 is 0 Å². The minimum absolute atomic E-state index is 1.12. The molecule has 0 amide bonds. The smallest absolute Gasteiger partial charge is 0.0699 e. The fourth-order valence-corrected chi connectivity index (χ4v) is 12.2. The van der Waals surface area contributed by atoms with Crippen molar-refractivity contribution in [1.82, 2.24) is 0 Å². The Labute approximate surface area is 393 Å². The van der Waals surface area contributed by atoms with Crippen molar-refractivity contribution in [3.8, 4) is 22.3 Å². The molecule has 0 atom stereocenters. The van der Waals surface area contributed by atoms with Gasteiger partial charge in [-0.1, -0.05) is 121 Å². The molecule has 0 saturated heterocycles. The van der Waals surface area contributed by atoms with Crippen LogP contribution in [0.25, 0.3) is 74.7 Å². The number of nitrogens with zero attached hydrogens (tertiary/aromatic N) is 4. The Balaban J connectivity index is 1.11. The van der Waals surface area contributed by atoms with Crippen molar-refractivity contribution in [3.63, 3.8) is 0 Å². The summed E-state index contributed by atoms with van der Waals surface area (Å²) in [5.41, 5.74) is 16.4. The summed E-state index contributed by atoms with van der Waals surface area (Å²) in [6, 6.07) is 81.2. The van der Waals surface area contributed by atoms with Gasteiger partial charge in [-0.3, -0.25) is 0 Å². The normalized spacial score (nSPS) is 13.1. The third kappa shape index (κ3) is 5.65. The van der Waals surface area contributed by atoms with Gasteiger partial charge in [0.1, 0.15) is 0 Å². The van der Waals surface area contributed by atoms with Crippen molar-refractivity contribution in [3.05, 3.63) is 218 Å². The van der Waals surface area contributed by atoms with Crippen molar-refractivity contribution in [2.45, 2.75) is 0 Å². The Morgan fingerprint density at radius 2 is 0.701 bits per heavy atom. The first-order chi connectivity index (χ1) is 33.1. The summed E-state index contributed by atoms with van der Waals surface area (Å²) in [6.45, 7) is 0. The van der Waals surface area contributed by atoms with Crippen LogP contribution in [0.1, 0.15) is 0 Å². The Bertz CT molecular complexity index is 3920. The zero-order valence-corrected chi connectivity index (χ0v) is 37.8. The number of anilines is 10. The van der Waals surface area contributed by atoms with E-state index in [0.29, 0.717) is 0 Å². The lowest BCUT2D eigenvalue weighted by molar-refractivity contribution is 1.13. The van der Waals surface area contributed by atoms with E-state index in [0.717, 1.165) is 34.1 Å². The molecule has 14 rings (SSSR count). The molecule has 11 aromatic carbocycles. The predicted molar refractivity (Wildman–Crippen MR) is 288 cm³/mol. The molecule has 3 heterocycles. The Kier molecular flexibility index (Phi) is 8.25. The summed E-state index contributed by atoms with van der Waals surface area (Å²) >= 11 is 1.87. The molecule has 1 aromatic heterocycles. The maximum atomic E-state index is 2.46. The molecule has 0 N–H and O–H groups in total. The number of para-hydroxylation sites is 8. The van der Waals surface area contributed by atoms with E-state index in [1.165, 1.54) is 97.5 Å². The standard InChI is InChI=1S/C62H42N4S/c1-63-51-18-6-10-22-55(51)65(56-23-11-7-19-52(56)63)43-31-33-47-49(37-43)61(41-28-27-39-15-3-4-16-40(39)35-41)46-32-30-44(66-57-24-12-8-20-53(57)64(2)54-21-9-13-25-58(54)66)38-50(46)62(47)42-29-34-60-48(36-42)45-17-5-14-26-59(45)67-60/h3-38H,1-2H3. The minimum Gasteiger partial charge on any atom is -0.341 e. The molecule has 0 saturated carbocycles. The van der Waals surface area contributed by atoms with Gasteiger partial charge < -0.3 is 19.6 Å². The van der Waals surface area contributed by atoms with Crippen LogP contribution in [0.3, 0.4) is 0 Å². The first kappa shape index (κ1) is 37.9. The van der Waals surface area contributed by atoms with E-state index in [4.69, 9.17) is 0 Å². The van der Waals surface area contributed by atoms with Crippen molar-refractivity contribution in [1.29, 1.82) is 0 Å².